The minimum absolute atomic E-state index is 0.218. The summed E-state index contributed by atoms with van der Waals surface area (Å²) in [5.41, 5.74) is 0. The average molecular weight is 206 g/mol. The van der Waals surface area contributed by atoms with Crippen LogP contribution in [0.5, 0.6) is 0 Å². The predicted octanol–water partition coefficient (Wildman–Crippen LogP) is 2.80. The van der Waals surface area contributed by atoms with Gasteiger partial charge in [0.2, 0.25) is 0 Å². The second-order valence-electron chi connectivity index (χ2n) is 5.35. The standard InChI is InChI=1S/C13H22N2/c1-11-5-4-6-12(9-11)13(10-14)15-7-2-3-8-15/h11-13H,2-9H2,1H3. The molecule has 2 rings (SSSR count). The summed E-state index contributed by atoms with van der Waals surface area (Å²) in [5, 5.41) is 9.33. The van der Waals surface area contributed by atoms with Gasteiger partial charge in [0, 0.05) is 0 Å². The molecule has 0 radical (unpaired) electrons. The number of nitriles is 1. The summed E-state index contributed by atoms with van der Waals surface area (Å²) in [6, 6.07) is 2.78. The Balaban J connectivity index is 1.96. The van der Waals surface area contributed by atoms with Crippen LogP contribution in [-0.4, -0.2) is 24.0 Å². The van der Waals surface area contributed by atoms with Gasteiger partial charge in [-0.3, -0.25) is 4.90 Å². The fraction of sp³-hybridized carbons (Fsp3) is 0.923. The van der Waals surface area contributed by atoms with E-state index in [-0.39, 0.29) is 6.04 Å². The highest BCUT2D eigenvalue weighted by Gasteiger charge is 2.31. The van der Waals surface area contributed by atoms with E-state index in [0.29, 0.717) is 5.92 Å². The molecule has 0 spiro atoms. The summed E-state index contributed by atoms with van der Waals surface area (Å²) in [7, 11) is 0. The van der Waals surface area contributed by atoms with E-state index >= 15 is 0 Å². The molecule has 1 aliphatic carbocycles. The van der Waals surface area contributed by atoms with E-state index in [2.05, 4.69) is 17.9 Å². The predicted molar refractivity (Wildman–Crippen MR) is 61.3 cm³/mol. The number of rotatable bonds is 2. The number of hydrogen-bond donors (Lipinski definition) is 0. The van der Waals surface area contributed by atoms with Gasteiger partial charge in [-0.05, 0) is 50.6 Å². The van der Waals surface area contributed by atoms with Gasteiger partial charge in [0.15, 0.2) is 0 Å². The Labute approximate surface area is 93.3 Å². The first kappa shape index (κ1) is 11.0. The second kappa shape index (κ2) is 4.99. The van der Waals surface area contributed by atoms with Gasteiger partial charge in [0.1, 0.15) is 6.04 Å². The molecular weight excluding hydrogens is 184 g/mol. The molecule has 2 fully saturated rings. The maximum atomic E-state index is 9.33. The molecule has 1 aliphatic heterocycles. The normalized spacial score (nSPS) is 34.9. The molecule has 0 bridgehead atoms. The van der Waals surface area contributed by atoms with Gasteiger partial charge < -0.3 is 0 Å². The maximum absolute atomic E-state index is 9.33. The molecule has 1 saturated heterocycles. The lowest BCUT2D eigenvalue weighted by molar-refractivity contribution is 0.161. The third kappa shape index (κ3) is 2.52. The first-order valence-corrected chi connectivity index (χ1v) is 6.45. The van der Waals surface area contributed by atoms with Gasteiger partial charge in [0.25, 0.3) is 0 Å². The Hall–Kier alpha value is -0.550. The molecule has 2 aliphatic rings. The molecule has 15 heavy (non-hydrogen) atoms. The van der Waals surface area contributed by atoms with Gasteiger partial charge in [-0.15, -0.1) is 0 Å². The van der Waals surface area contributed by atoms with Crippen molar-refractivity contribution < 1.29 is 0 Å². The van der Waals surface area contributed by atoms with E-state index in [0.717, 1.165) is 19.0 Å². The molecule has 3 atom stereocenters. The summed E-state index contributed by atoms with van der Waals surface area (Å²) in [6.45, 7) is 4.65. The lowest BCUT2D eigenvalue weighted by Gasteiger charge is -2.34. The highest BCUT2D eigenvalue weighted by molar-refractivity contribution is 4.99. The van der Waals surface area contributed by atoms with Gasteiger partial charge in [-0.25, -0.2) is 0 Å². The van der Waals surface area contributed by atoms with Crippen molar-refractivity contribution in [2.24, 2.45) is 11.8 Å². The Morgan fingerprint density at radius 1 is 1.20 bits per heavy atom. The van der Waals surface area contributed by atoms with Crippen molar-refractivity contribution in [2.45, 2.75) is 51.5 Å². The van der Waals surface area contributed by atoms with Crippen molar-refractivity contribution in [2.75, 3.05) is 13.1 Å². The van der Waals surface area contributed by atoms with Crippen LogP contribution in [0.15, 0.2) is 0 Å². The molecule has 2 nitrogen and oxygen atoms in total. The van der Waals surface area contributed by atoms with Crippen molar-refractivity contribution in [3.05, 3.63) is 0 Å². The monoisotopic (exact) mass is 206 g/mol. The molecule has 3 unspecified atom stereocenters. The first-order valence-electron chi connectivity index (χ1n) is 6.45. The third-order valence-corrected chi connectivity index (χ3v) is 4.09. The van der Waals surface area contributed by atoms with E-state index < -0.39 is 0 Å². The lowest BCUT2D eigenvalue weighted by Crippen LogP contribution is -2.39. The highest BCUT2D eigenvalue weighted by Crippen LogP contribution is 2.33. The van der Waals surface area contributed by atoms with Crippen LogP contribution in [0.25, 0.3) is 0 Å². The van der Waals surface area contributed by atoms with Crippen molar-refractivity contribution in [3.8, 4) is 6.07 Å². The minimum Gasteiger partial charge on any atom is -0.288 e. The van der Waals surface area contributed by atoms with Gasteiger partial charge in [0.05, 0.1) is 6.07 Å². The second-order valence-corrected chi connectivity index (χ2v) is 5.35. The van der Waals surface area contributed by atoms with Crippen LogP contribution in [0.4, 0.5) is 0 Å². The zero-order chi connectivity index (χ0) is 10.7. The van der Waals surface area contributed by atoms with Crippen LogP contribution in [0.3, 0.4) is 0 Å². The van der Waals surface area contributed by atoms with Crippen molar-refractivity contribution in [1.82, 2.24) is 4.90 Å². The number of likely N-dealkylation sites (tertiary alicyclic amines) is 1. The fourth-order valence-corrected chi connectivity index (χ4v) is 3.27. The molecule has 0 aromatic rings. The van der Waals surface area contributed by atoms with Crippen LogP contribution in [0, 0.1) is 23.2 Å². The van der Waals surface area contributed by atoms with Crippen LogP contribution >= 0.6 is 0 Å². The summed E-state index contributed by atoms with van der Waals surface area (Å²) in [5.74, 6) is 1.49. The summed E-state index contributed by atoms with van der Waals surface area (Å²) >= 11 is 0. The Morgan fingerprint density at radius 2 is 1.93 bits per heavy atom. The quantitative estimate of drug-likeness (QED) is 0.694. The molecule has 2 heteroatoms. The number of nitrogens with zero attached hydrogens (tertiary/aromatic N) is 2. The molecule has 0 aromatic heterocycles. The van der Waals surface area contributed by atoms with Gasteiger partial charge in [-0.1, -0.05) is 19.8 Å². The molecule has 0 aromatic carbocycles. The topological polar surface area (TPSA) is 27.0 Å². The molecule has 84 valence electrons. The van der Waals surface area contributed by atoms with Crippen molar-refractivity contribution in [3.63, 3.8) is 0 Å². The smallest absolute Gasteiger partial charge is 0.101 e. The van der Waals surface area contributed by atoms with E-state index in [1.54, 1.807) is 0 Å². The fourth-order valence-electron chi connectivity index (χ4n) is 3.27. The molecule has 1 saturated carbocycles. The van der Waals surface area contributed by atoms with Crippen molar-refractivity contribution in [1.29, 1.82) is 5.26 Å². The molecule has 0 amide bonds. The molecular formula is C13H22N2. The minimum atomic E-state index is 0.218. The van der Waals surface area contributed by atoms with Crippen molar-refractivity contribution >= 4 is 0 Å². The van der Waals surface area contributed by atoms with E-state index in [1.165, 1.54) is 38.5 Å². The van der Waals surface area contributed by atoms with Gasteiger partial charge >= 0.3 is 0 Å². The third-order valence-electron chi connectivity index (χ3n) is 4.09. The highest BCUT2D eigenvalue weighted by atomic mass is 15.2. The van der Waals surface area contributed by atoms with Gasteiger partial charge in [-0.2, -0.15) is 5.26 Å². The summed E-state index contributed by atoms with van der Waals surface area (Å²) < 4.78 is 0. The van der Waals surface area contributed by atoms with Crippen LogP contribution in [0.2, 0.25) is 0 Å². The molecule has 1 heterocycles. The van der Waals surface area contributed by atoms with E-state index in [9.17, 15) is 5.26 Å². The first-order chi connectivity index (χ1) is 7.31. The summed E-state index contributed by atoms with van der Waals surface area (Å²) in [4.78, 5) is 2.42. The lowest BCUT2D eigenvalue weighted by atomic mass is 9.78. The van der Waals surface area contributed by atoms with E-state index in [4.69, 9.17) is 0 Å². The maximum Gasteiger partial charge on any atom is 0.101 e. The van der Waals surface area contributed by atoms with Crippen LogP contribution in [-0.2, 0) is 0 Å². The van der Waals surface area contributed by atoms with E-state index in [1.807, 2.05) is 0 Å². The number of hydrogen-bond acceptors (Lipinski definition) is 2. The zero-order valence-corrected chi connectivity index (χ0v) is 9.78. The SMILES string of the molecule is CC1CCCC(C(C#N)N2CCCC2)C1. The largest absolute Gasteiger partial charge is 0.288 e. The Morgan fingerprint density at radius 3 is 2.53 bits per heavy atom. The van der Waals surface area contributed by atoms with Crippen LogP contribution < -0.4 is 0 Å². The summed E-state index contributed by atoms with van der Waals surface area (Å²) in [6.07, 6.45) is 7.83. The van der Waals surface area contributed by atoms with Crippen LogP contribution in [0.1, 0.15) is 45.4 Å². The average Bonchev–Trinajstić information content (AvgIpc) is 2.72. The zero-order valence-electron chi connectivity index (χ0n) is 9.78. The molecule has 0 N–H and O–H groups in total. The Bertz CT molecular complexity index is 237. The Kier molecular flexibility index (Phi) is 3.64.